The van der Waals surface area contributed by atoms with E-state index in [2.05, 4.69) is 48.3 Å². The minimum Gasteiger partial charge on any atom is -0.374 e. The average molecular weight is 221 g/mol. The highest BCUT2D eigenvalue weighted by molar-refractivity contribution is 5.84. The summed E-state index contributed by atoms with van der Waals surface area (Å²) < 4.78 is 0. The predicted molar refractivity (Wildman–Crippen MR) is 71.7 cm³/mol. The molecule has 0 saturated heterocycles. The van der Waals surface area contributed by atoms with Gasteiger partial charge in [0.25, 0.3) is 0 Å². The van der Waals surface area contributed by atoms with Gasteiger partial charge in [0.05, 0.1) is 0 Å². The molecular formula is C16H15N. The van der Waals surface area contributed by atoms with Crippen LogP contribution in [0.1, 0.15) is 16.7 Å². The van der Waals surface area contributed by atoms with E-state index in [0.29, 0.717) is 0 Å². The number of nitrogens with zero attached hydrogens (tertiary/aromatic N) is 1. The van der Waals surface area contributed by atoms with Crippen LogP contribution in [0.5, 0.6) is 0 Å². The lowest BCUT2D eigenvalue weighted by atomic mass is 10.0. The molecule has 0 saturated carbocycles. The Kier molecular flexibility index (Phi) is 1.71. The van der Waals surface area contributed by atoms with E-state index in [9.17, 15) is 0 Å². The average Bonchev–Trinajstić information content (AvgIpc) is 2.90. The SMILES string of the molecule is CN1CCc2ccc3c(c21)Cc1ccccc1-3. The zero-order valence-corrected chi connectivity index (χ0v) is 10.0. The summed E-state index contributed by atoms with van der Waals surface area (Å²) in [5.41, 5.74) is 8.94. The Hall–Kier alpha value is -1.76. The van der Waals surface area contributed by atoms with E-state index in [-0.39, 0.29) is 0 Å². The van der Waals surface area contributed by atoms with E-state index in [1.54, 1.807) is 5.56 Å². The van der Waals surface area contributed by atoms with Crippen molar-refractivity contribution < 1.29 is 0 Å². The van der Waals surface area contributed by atoms with E-state index in [1.165, 1.54) is 40.9 Å². The molecule has 0 unspecified atom stereocenters. The highest BCUT2D eigenvalue weighted by Crippen LogP contribution is 2.44. The molecule has 0 spiro atoms. The lowest BCUT2D eigenvalue weighted by molar-refractivity contribution is 0.952. The highest BCUT2D eigenvalue weighted by Gasteiger charge is 2.26. The maximum atomic E-state index is 2.42. The maximum absolute atomic E-state index is 2.42. The van der Waals surface area contributed by atoms with Gasteiger partial charge in [-0.05, 0) is 34.2 Å². The van der Waals surface area contributed by atoms with Gasteiger partial charge in [0.2, 0.25) is 0 Å². The quantitative estimate of drug-likeness (QED) is 0.563. The van der Waals surface area contributed by atoms with Crippen LogP contribution in [-0.2, 0) is 12.8 Å². The second-order valence-electron chi connectivity index (χ2n) is 5.10. The van der Waals surface area contributed by atoms with Crippen LogP contribution in [0.3, 0.4) is 0 Å². The lowest BCUT2D eigenvalue weighted by Gasteiger charge is -2.16. The summed E-state index contributed by atoms with van der Waals surface area (Å²) in [5, 5.41) is 0. The summed E-state index contributed by atoms with van der Waals surface area (Å²) in [6.45, 7) is 1.17. The number of hydrogen-bond acceptors (Lipinski definition) is 1. The van der Waals surface area contributed by atoms with E-state index in [1.807, 2.05) is 0 Å². The van der Waals surface area contributed by atoms with Gasteiger partial charge in [-0.15, -0.1) is 0 Å². The molecule has 0 amide bonds. The summed E-state index contributed by atoms with van der Waals surface area (Å²) in [6.07, 6.45) is 2.31. The topological polar surface area (TPSA) is 3.24 Å². The molecule has 0 radical (unpaired) electrons. The van der Waals surface area contributed by atoms with Crippen LogP contribution in [0.4, 0.5) is 5.69 Å². The third-order valence-electron chi connectivity index (χ3n) is 4.14. The number of anilines is 1. The number of likely N-dealkylation sites (N-methyl/N-ethyl adjacent to an activating group) is 1. The zero-order chi connectivity index (χ0) is 11.4. The molecule has 2 aliphatic rings. The predicted octanol–water partition coefficient (Wildman–Crippen LogP) is 3.25. The van der Waals surface area contributed by atoms with E-state index in [4.69, 9.17) is 0 Å². The Balaban J connectivity index is 2.01. The first-order valence-electron chi connectivity index (χ1n) is 6.29. The van der Waals surface area contributed by atoms with E-state index < -0.39 is 0 Å². The van der Waals surface area contributed by atoms with Crippen molar-refractivity contribution in [1.82, 2.24) is 0 Å². The summed E-state index contributed by atoms with van der Waals surface area (Å²) >= 11 is 0. The molecule has 0 aromatic heterocycles. The van der Waals surface area contributed by atoms with E-state index >= 15 is 0 Å². The Morgan fingerprint density at radius 2 is 1.82 bits per heavy atom. The second-order valence-corrected chi connectivity index (χ2v) is 5.10. The fourth-order valence-electron chi connectivity index (χ4n) is 3.32. The molecule has 0 atom stereocenters. The molecule has 0 N–H and O–H groups in total. The van der Waals surface area contributed by atoms with Crippen molar-refractivity contribution in [2.75, 3.05) is 18.5 Å². The minimum atomic E-state index is 1.11. The Bertz CT molecular complexity index is 613. The first-order chi connectivity index (χ1) is 8.34. The van der Waals surface area contributed by atoms with Crippen molar-refractivity contribution in [2.24, 2.45) is 0 Å². The number of hydrogen-bond donors (Lipinski definition) is 0. The maximum Gasteiger partial charge on any atom is 0.0439 e. The first-order valence-corrected chi connectivity index (χ1v) is 6.29. The van der Waals surface area contributed by atoms with Crippen LogP contribution in [0.25, 0.3) is 11.1 Å². The van der Waals surface area contributed by atoms with Gasteiger partial charge in [0.15, 0.2) is 0 Å². The zero-order valence-electron chi connectivity index (χ0n) is 10.0. The molecule has 0 fully saturated rings. The molecule has 1 nitrogen and oxygen atoms in total. The minimum absolute atomic E-state index is 1.11. The Morgan fingerprint density at radius 1 is 0.941 bits per heavy atom. The van der Waals surface area contributed by atoms with Crippen LogP contribution in [0, 0.1) is 0 Å². The van der Waals surface area contributed by atoms with Crippen LogP contribution in [0.15, 0.2) is 36.4 Å². The highest BCUT2D eigenvalue weighted by atomic mass is 15.1. The molecule has 1 heterocycles. The summed E-state index contributed by atoms with van der Waals surface area (Å²) in [5.74, 6) is 0. The third kappa shape index (κ3) is 1.14. The van der Waals surface area contributed by atoms with Gasteiger partial charge < -0.3 is 4.90 Å². The molecule has 1 aliphatic carbocycles. The molecule has 2 aromatic rings. The Morgan fingerprint density at radius 3 is 2.76 bits per heavy atom. The van der Waals surface area contributed by atoms with Gasteiger partial charge in [0.1, 0.15) is 0 Å². The second kappa shape index (κ2) is 3.13. The molecule has 1 heteroatoms. The fraction of sp³-hybridized carbons (Fsp3) is 0.250. The largest absolute Gasteiger partial charge is 0.374 e. The van der Waals surface area contributed by atoms with Gasteiger partial charge >= 0.3 is 0 Å². The molecule has 2 aromatic carbocycles. The molecule has 1 aliphatic heterocycles. The first kappa shape index (κ1) is 9.29. The lowest BCUT2D eigenvalue weighted by Crippen LogP contribution is -2.14. The third-order valence-corrected chi connectivity index (χ3v) is 4.14. The van der Waals surface area contributed by atoms with Crippen LogP contribution in [-0.4, -0.2) is 13.6 Å². The molecule has 4 rings (SSSR count). The summed E-state index contributed by atoms with van der Waals surface area (Å²) in [7, 11) is 2.22. The van der Waals surface area contributed by atoms with Gasteiger partial charge in [-0.25, -0.2) is 0 Å². The Labute approximate surface area is 102 Å². The van der Waals surface area contributed by atoms with Crippen LogP contribution < -0.4 is 4.90 Å². The van der Waals surface area contributed by atoms with Gasteiger partial charge in [0, 0.05) is 25.7 Å². The van der Waals surface area contributed by atoms with E-state index in [0.717, 1.165) is 6.42 Å². The van der Waals surface area contributed by atoms with Crippen molar-refractivity contribution in [3.05, 3.63) is 53.1 Å². The van der Waals surface area contributed by atoms with Gasteiger partial charge in [-0.1, -0.05) is 36.4 Å². The standard InChI is InChI=1S/C16H15N/c1-17-9-8-11-6-7-14-13-5-3-2-4-12(13)10-15(14)16(11)17/h2-7H,8-10H2,1H3. The molecule has 17 heavy (non-hydrogen) atoms. The van der Waals surface area contributed by atoms with Gasteiger partial charge in [-0.2, -0.15) is 0 Å². The number of benzene rings is 2. The summed E-state index contributed by atoms with van der Waals surface area (Å²) in [4.78, 5) is 2.42. The molecular weight excluding hydrogens is 206 g/mol. The van der Waals surface area contributed by atoms with Crippen molar-refractivity contribution >= 4 is 5.69 Å². The normalized spacial score (nSPS) is 15.7. The van der Waals surface area contributed by atoms with Crippen molar-refractivity contribution in [3.63, 3.8) is 0 Å². The molecule has 0 bridgehead atoms. The van der Waals surface area contributed by atoms with Crippen molar-refractivity contribution in [2.45, 2.75) is 12.8 Å². The number of rotatable bonds is 0. The smallest absolute Gasteiger partial charge is 0.0439 e. The van der Waals surface area contributed by atoms with Crippen molar-refractivity contribution in [3.8, 4) is 11.1 Å². The van der Waals surface area contributed by atoms with Crippen LogP contribution in [0.2, 0.25) is 0 Å². The summed E-state index contributed by atoms with van der Waals surface area (Å²) in [6, 6.07) is 13.4. The fourth-order valence-corrected chi connectivity index (χ4v) is 3.32. The monoisotopic (exact) mass is 221 g/mol. The molecule has 84 valence electrons. The van der Waals surface area contributed by atoms with Crippen molar-refractivity contribution in [1.29, 1.82) is 0 Å². The number of fused-ring (bicyclic) bond motifs is 5. The van der Waals surface area contributed by atoms with Crippen LogP contribution >= 0.6 is 0 Å². The van der Waals surface area contributed by atoms with Gasteiger partial charge in [-0.3, -0.25) is 0 Å².